The minimum Gasteiger partial charge on any atom is -0.378 e. The molecule has 5 heteroatoms. The highest BCUT2D eigenvalue weighted by atomic mass is 16.5. The molecule has 1 atom stereocenters. The molecule has 0 radical (unpaired) electrons. The van der Waals surface area contributed by atoms with Crippen molar-refractivity contribution in [2.75, 3.05) is 26.3 Å². The molecule has 2 heterocycles. The van der Waals surface area contributed by atoms with E-state index in [2.05, 4.69) is 16.4 Å². The molecule has 1 unspecified atom stereocenters. The van der Waals surface area contributed by atoms with Gasteiger partial charge in [-0.3, -0.25) is 9.78 Å². The van der Waals surface area contributed by atoms with Crippen molar-refractivity contribution in [1.82, 2.24) is 15.2 Å². The van der Waals surface area contributed by atoms with Crippen molar-refractivity contribution in [3.05, 3.63) is 29.6 Å². The molecule has 104 valence electrons. The smallest absolute Gasteiger partial charge is 0.239 e. The van der Waals surface area contributed by atoms with Gasteiger partial charge < -0.3 is 15.0 Å². The number of pyridine rings is 1. The van der Waals surface area contributed by atoms with Crippen LogP contribution in [0, 0.1) is 6.92 Å². The quantitative estimate of drug-likeness (QED) is 0.870. The van der Waals surface area contributed by atoms with Gasteiger partial charge in [-0.2, -0.15) is 0 Å². The van der Waals surface area contributed by atoms with E-state index in [-0.39, 0.29) is 11.9 Å². The zero-order chi connectivity index (χ0) is 13.7. The van der Waals surface area contributed by atoms with Gasteiger partial charge in [-0.05, 0) is 25.0 Å². The van der Waals surface area contributed by atoms with Crippen LogP contribution >= 0.6 is 0 Å². The summed E-state index contributed by atoms with van der Waals surface area (Å²) >= 11 is 0. The number of nitrogens with zero attached hydrogens (tertiary/aromatic N) is 2. The van der Waals surface area contributed by atoms with Gasteiger partial charge >= 0.3 is 0 Å². The fourth-order valence-electron chi connectivity index (χ4n) is 2.13. The summed E-state index contributed by atoms with van der Waals surface area (Å²) in [7, 11) is 0. The first-order valence-corrected chi connectivity index (χ1v) is 6.67. The maximum absolute atomic E-state index is 12.2. The molecule has 1 aromatic rings. The van der Waals surface area contributed by atoms with Crippen LogP contribution in [0.4, 0.5) is 0 Å². The molecule has 1 saturated heterocycles. The second kappa shape index (κ2) is 6.63. The number of amides is 1. The summed E-state index contributed by atoms with van der Waals surface area (Å²) < 4.78 is 5.25. The number of carbonyl (C=O) groups is 1. The normalized spacial score (nSPS) is 17.3. The molecule has 19 heavy (non-hydrogen) atoms. The maximum Gasteiger partial charge on any atom is 0.239 e. The molecule has 1 aliphatic heterocycles. The van der Waals surface area contributed by atoms with Gasteiger partial charge in [-0.1, -0.05) is 6.07 Å². The van der Waals surface area contributed by atoms with Gasteiger partial charge in [-0.15, -0.1) is 0 Å². The van der Waals surface area contributed by atoms with Crippen LogP contribution in [0.5, 0.6) is 0 Å². The molecule has 1 N–H and O–H groups in total. The van der Waals surface area contributed by atoms with Crippen molar-refractivity contribution >= 4 is 5.91 Å². The zero-order valence-corrected chi connectivity index (χ0v) is 11.6. The standard InChI is InChI=1S/C14H21N3O2/c1-11-7-13(9-15-8-11)10-16-12(2)14(18)17-3-5-19-6-4-17/h7-9,12,16H,3-6,10H2,1-2H3. The first kappa shape index (κ1) is 14.0. The van der Waals surface area contributed by atoms with Crippen molar-refractivity contribution in [3.63, 3.8) is 0 Å². The first-order chi connectivity index (χ1) is 9.16. The number of nitrogens with one attached hydrogen (secondary N) is 1. The fraction of sp³-hybridized carbons (Fsp3) is 0.571. The molecule has 1 aliphatic rings. The summed E-state index contributed by atoms with van der Waals surface area (Å²) in [5, 5.41) is 3.25. The molecule has 1 aromatic heterocycles. The molecule has 0 aromatic carbocycles. The van der Waals surface area contributed by atoms with E-state index < -0.39 is 0 Å². The molecular formula is C14H21N3O2. The first-order valence-electron chi connectivity index (χ1n) is 6.67. The number of hydrogen-bond acceptors (Lipinski definition) is 4. The molecule has 0 spiro atoms. The van der Waals surface area contributed by atoms with Crippen molar-refractivity contribution in [2.24, 2.45) is 0 Å². The summed E-state index contributed by atoms with van der Waals surface area (Å²) in [6.07, 6.45) is 3.65. The average Bonchev–Trinajstić information content (AvgIpc) is 2.45. The van der Waals surface area contributed by atoms with Crippen molar-refractivity contribution in [3.8, 4) is 0 Å². The SMILES string of the molecule is Cc1cncc(CNC(C)C(=O)N2CCOCC2)c1. The van der Waals surface area contributed by atoms with Gasteiger partial charge in [0.05, 0.1) is 19.3 Å². The molecule has 0 saturated carbocycles. The number of hydrogen-bond donors (Lipinski definition) is 1. The zero-order valence-electron chi connectivity index (χ0n) is 11.6. The third-order valence-electron chi connectivity index (χ3n) is 3.24. The second-order valence-electron chi connectivity index (χ2n) is 4.91. The van der Waals surface area contributed by atoms with Crippen LogP contribution in [0.25, 0.3) is 0 Å². The Kier molecular flexibility index (Phi) is 4.87. The highest BCUT2D eigenvalue weighted by Crippen LogP contribution is 2.04. The molecule has 1 fully saturated rings. The van der Waals surface area contributed by atoms with Gasteiger partial charge in [0.25, 0.3) is 0 Å². The van der Waals surface area contributed by atoms with Gasteiger partial charge in [0.15, 0.2) is 0 Å². The Morgan fingerprint density at radius 2 is 2.21 bits per heavy atom. The fourth-order valence-corrected chi connectivity index (χ4v) is 2.13. The lowest BCUT2D eigenvalue weighted by Gasteiger charge is -2.29. The van der Waals surface area contributed by atoms with E-state index in [0.717, 1.165) is 11.1 Å². The van der Waals surface area contributed by atoms with Crippen molar-refractivity contribution in [1.29, 1.82) is 0 Å². The predicted octanol–water partition coefficient (Wildman–Crippen LogP) is 0.727. The van der Waals surface area contributed by atoms with Crippen LogP contribution in [0.2, 0.25) is 0 Å². The minimum atomic E-state index is -0.182. The lowest BCUT2D eigenvalue weighted by molar-refractivity contribution is -0.137. The van der Waals surface area contributed by atoms with Gasteiger partial charge in [0, 0.05) is 32.0 Å². The van der Waals surface area contributed by atoms with Crippen LogP contribution in [-0.4, -0.2) is 48.1 Å². The lowest BCUT2D eigenvalue weighted by atomic mass is 10.2. The van der Waals surface area contributed by atoms with Gasteiger partial charge in [-0.25, -0.2) is 0 Å². The van der Waals surface area contributed by atoms with Crippen LogP contribution in [0.1, 0.15) is 18.1 Å². The Bertz CT molecular complexity index is 430. The van der Waals surface area contributed by atoms with E-state index in [1.54, 1.807) is 0 Å². The van der Waals surface area contributed by atoms with Gasteiger partial charge in [0.2, 0.25) is 5.91 Å². The number of carbonyl (C=O) groups excluding carboxylic acids is 1. The summed E-state index contributed by atoms with van der Waals surface area (Å²) in [4.78, 5) is 18.2. The average molecular weight is 263 g/mol. The lowest BCUT2D eigenvalue weighted by Crippen LogP contribution is -2.49. The Balaban J connectivity index is 1.83. The van der Waals surface area contributed by atoms with E-state index >= 15 is 0 Å². The Labute approximate surface area is 114 Å². The predicted molar refractivity (Wildman–Crippen MR) is 72.7 cm³/mol. The van der Waals surface area contributed by atoms with E-state index in [4.69, 9.17) is 4.74 Å². The Morgan fingerprint density at radius 3 is 2.89 bits per heavy atom. The molecule has 2 rings (SSSR count). The maximum atomic E-state index is 12.2. The summed E-state index contributed by atoms with van der Waals surface area (Å²) in [6, 6.07) is 1.89. The number of ether oxygens (including phenoxy) is 1. The van der Waals surface area contributed by atoms with Crippen LogP contribution in [0.3, 0.4) is 0 Å². The number of morpholine rings is 1. The summed E-state index contributed by atoms with van der Waals surface area (Å²) in [5.74, 6) is 0.143. The van der Waals surface area contributed by atoms with Crippen LogP contribution in [-0.2, 0) is 16.1 Å². The molecule has 0 bridgehead atoms. The molecule has 0 aliphatic carbocycles. The Morgan fingerprint density at radius 1 is 1.47 bits per heavy atom. The third-order valence-corrected chi connectivity index (χ3v) is 3.24. The highest BCUT2D eigenvalue weighted by molar-refractivity contribution is 5.81. The highest BCUT2D eigenvalue weighted by Gasteiger charge is 2.21. The number of aryl methyl sites for hydroxylation is 1. The molecular weight excluding hydrogens is 242 g/mol. The van der Waals surface area contributed by atoms with Crippen molar-refractivity contribution in [2.45, 2.75) is 26.4 Å². The summed E-state index contributed by atoms with van der Waals surface area (Å²) in [6.45, 7) is 7.24. The monoisotopic (exact) mass is 263 g/mol. The largest absolute Gasteiger partial charge is 0.378 e. The third kappa shape index (κ3) is 4.01. The number of rotatable bonds is 4. The number of aromatic nitrogens is 1. The molecule has 1 amide bonds. The summed E-state index contributed by atoms with van der Waals surface area (Å²) in [5.41, 5.74) is 2.23. The van der Waals surface area contributed by atoms with Crippen LogP contribution < -0.4 is 5.32 Å². The van der Waals surface area contributed by atoms with Crippen molar-refractivity contribution < 1.29 is 9.53 Å². The topological polar surface area (TPSA) is 54.5 Å². The Hall–Kier alpha value is -1.46. The van der Waals surface area contributed by atoms with E-state index in [0.29, 0.717) is 32.8 Å². The molecule has 5 nitrogen and oxygen atoms in total. The minimum absolute atomic E-state index is 0.143. The second-order valence-corrected chi connectivity index (χ2v) is 4.91. The van der Waals surface area contributed by atoms with E-state index in [9.17, 15) is 4.79 Å². The van der Waals surface area contributed by atoms with Crippen LogP contribution in [0.15, 0.2) is 18.5 Å². The van der Waals surface area contributed by atoms with Gasteiger partial charge in [0.1, 0.15) is 0 Å². The van der Waals surface area contributed by atoms with E-state index in [1.165, 1.54) is 0 Å². The van der Waals surface area contributed by atoms with E-state index in [1.807, 2.05) is 31.1 Å².